The Hall–Kier alpha value is -2.89. The van der Waals surface area contributed by atoms with Crippen molar-refractivity contribution in [3.05, 3.63) is 65.0 Å². The van der Waals surface area contributed by atoms with E-state index in [1.165, 1.54) is 24.3 Å². The normalized spacial score (nSPS) is 16.6. The van der Waals surface area contributed by atoms with Crippen LogP contribution in [-0.4, -0.2) is 29.6 Å². The summed E-state index contributed by atoms with van der Waals surface area (Å²) in [6.45, 7) is 1.88. The summed E-state index contributed by atoms with van der Waals surface area (Å²) in [6.07, 6.45) is 0.826. The number of benzene rings is 2. The number of hydrogen-bond acceptors (Lipinski definition) is 3. The van der Waals surface area contributed by atoms with Gasteiger partial charge in [0.2, 0.25) is 0 Å². The van der Waals surface area contributed by atoms with Crippen molar-refractivity contribution >= 4 is 11.9 Å². The van der Waals surface area contributed by atoms with E-state index in [0.717, 1.165) is 17.7 Å². The first-order valence-corrected chi connectivity index (χ1v) is 8.00. The highest BCUT2D eigenvalue weighted by molar-refractivity contribution is 5.95. The number of aliphatic carboxylic acids is 1. The van der Waals surface area contributed by atoms with Gasteiger partial charge in [-0.05, 0) is 48.4 Å². The van der Waals surface area contributed by atoms with Gasteiger partial charge in [0.1, 0.15) is 17.7 Å². The molecule has 0 fully saturated rings. The number of nitrogens with one attached hydrogen (secondary N) is 1. The summed E-state index contributed by atoms with van der Waals surface area (Å²) >= 11 is 0. The molecule has 0 radical (unpaired) electrons. The minimum absolute atomic E-state index is 0.0796. The minimum Gasteiger partial charge on any atom is -0.490 e. The first-order valence-electron chi connectivity index (χ1n) is 8.00. The highest BCUT2D eigenvalue weighted by atomic mass is 19.1. The maximum absolute atomic E-state index is 13.0. The van der Waals surface area contributed by atoms with E-state index < -0.39 is 17.7 Å². The van der Waals surface area contributed by atoms with Crippen LogP contribution in [-0.2, 0) is 11.2 Å². The van der Waals surface area contributed by atoms with Crippen molar-refractivity contribution in [1.82, 2.24) is 5.32 Å². The number of halogens is 1. The second-order valence-corrected chi connectivity index (χ2v) is 6.11. The number of rotatable bonds is 5. The molecule has 1 aliphatic rings. The molecule has 0 aliphatic carbocycles. The fourth-order valence-corrected chi connectivity index (χ4v) is 2.90. The zero-order valence-electron chi connectivity index (χ0n) is 13.7. The van der Waals surface area contributed by atoms with Gasteiger partial charge in [-0.15, -0.1) is 0 Å². The molecule has 2 unspecified atom stereocenters. The lowest BCUT2D eigenvalue weighted by molar-refractivity contribution is -0.138. The van der Waals surface area contributed by atoms with Crippen molar-refractivity contribution < 1.29 is 23.8 Å². The fourth-order valence-electron chi connectivity index (χ4n) is 2.90. The van der Waals surface area contributed by atoms with E-state index >= 15 is 0 Å². The van der Waals surface area contributed by atoms with Crippen LogP contribution in [0.4, 0.5) is 4.39 Å². The number of amides is 1. The Labute approximate surface area is 144 Å². The van der Waals surface area contributed by atoms with Crippen LogP contribution in [0.25, 0.3) is 0 Å². The van der Waals surface area contributed by atoms with Crippen molar-refractivity contribution in [3.8, 4) is 5.75 Å². The predicted molar refractivity (Wildman–Crippen MR) is 89.3 cm³/mol. The van der Waals surface area contributed by atoms with Gasteiger partial charge in [0.05, 0.1) is 5.92 Å². The Kier molecular flexibility index (Phi) is 4.70. The molecule has 0 aromatic heterocycles. The molecule has 2 atom stereocenters. The van der Waals surface area contributed by atoms with E-state index in [1.807, 2.05) is 6.92 Å². The number of carboxylic acid groups (broad SMARTS) is 1. The van der Waals surface area contributed by atoms with Crippen LogP contribution in [0.15, 0.2) is 42.5 Å². The van der Waals surface area contributed by atoms with Crippen molar-refractivity contribution in [1.29, 1.82) is 0 Å². The standard InChI is InChI=1S/C19H18FNO4/c1-11-8-14-9-13(4-7-17(14)25-11)18(22)21-10-16(19(23)24)12-2-5-15(20)6-3-12/h2-7,9,11,16H,8,10H2,1H3,(H,21,22)(H,23,24). The largest absolute Gasteiger partial charge is 0.490 e. The molecule has 1 heterocycles. The lowest BCUT2D eigenvalue weighted by Gasteiger charge is -2.14. The van der Waals surface area contributed by atoms with Crippen LogP contribution in [0.1, 0.15) is 34.3 Å². The van der Waals surface area contributed by atoms with E-state index in [-0.39, 0.29) is 18.6 Å². The van der Waals surface area contributed by atoms with Crippen molar-refractivity contribution in [2.45, 2.75) is 25.4 Å². The maximum Gasteiger partial charge on any atom is 0.312 e. The van der Waals surface area contributed by atoms with Crippen LogP contribution in [0.3, 0.4) is 0 Å². The van der Waals surface area contributed by atoms with Crippen LogP contribution in [0.2, 0.25) is 0 Å². The van der Waals surface area contributed by atoms with E-state index in [4.69, 9.17) is 4.74 Å². The van der Waals surface area contributed by atoms with Gasteiger partial charge in [-0.25, -0.2) is 4.39 Å². The first kappa shape index (κ1) is 17.0. The van der Waals surface area contributed by atoms with Crippen molar-refractivity contribution in [3.63, 3.8) is 0 Å². The van der Waals surface area contributed by atoms with Crippen molar-refractivity contribution in [2.24, 2.45) is 0 Å². The molecule has 5 nitrogen and oxygen atoms in total. The minimum atomic E-state index is -1.08. The number of ether oxygens (including phenoxy) is 1. The third-order valence-corrected chi connectivity index (χ3v) is 4.20. The van der Waals surface area contributed by atoms with E-state index in [2.05, 4.69) is 5.32 Å². The van der Waals surface area contributed by atoms with Gasteiger partial charge in [0.25, 0.3) is 5.91 Å². The van der Waals surface area contributed by atoms with E-state index in [1.54, 1.807) is 18.2 Å². The summed E-state index contributed by atoms with van der Waals surface area (Å²) in [7, 11) is 0. The molecule has 0 spiro atoms. The number of carboxylic acids is 1. The molecule has 0 bridgehead atoms. The smallest absolute Gasteiger partial charge is 0.312 e. The zero-order chi connectivity index (χ0) is 18.0. The Bertz CT molecular complexity index is 804. The average molecular weight is 343 g/mol. The Morgan fingerprint density at radius 1 is 1.28 bits per heavy atom. The van der Waals surface area contributed by atoms with Gasteiger partial charge in [0, 0.05) is 18.5 Å². The highest BCUT2D eigenvalue weighted by Crippen LogP contribution is 2.29. The summed E-state index contributed by atoms with van der Waals surface area (Å²) in [4.78, 5) is 23.8. The fraction of sp³-hybridized carbons (Fsp3) is 0.263. The van der Waals surface area contributed by atoms with Gasteiger partial charge in [0.15, 0.2) is 0 Å². The van der Waals surface area contributed by atoms with Crippen molar-refractivity contribution in [2.75, 3.05) is 6.54 Å². The number of carbonyl (C=O) groups is 2. The second kappa shape index (κ2) is 6.93. The molecular formula is C19H18FNO4. The number of carbonyl (C=O) groups excluding carboxylic acids is 1. The quantitative estimate of drug-likeness (QED) is 0.875. The molecule has 2 aromatic carbocycles. The molecule has 1 aliphatic heterocycles. The summed E-state index contributed by atoms with van der Waals surface area (Å²) in [5.74, 6) is -2.04. The summed E-state index contributed by atoms with van der Waals surface area (Å²) in [5.41, 5.74) is 1.86. The third-order valence-electron chi connectivity index (χ3n) is 4.20. The highest BCUT2D eigenvalue weighted by Gasteiger charge is 2.23. The molecule has 3 rings (SSSR count). The maximum atomic E-state index is 13.0. The molecule has 0 saturated carbocycles. The average Bonchev–Trinajstić information content (AvgIpc) is 2.95. The molecule has 2 aromatic rings. The van der Waals surface area contributed by atoms with Gasteiger partial charge in [-0.1, -0.05) is 12.1 Å². The summed E-state index contributed by atoms with van der Waals surface area (Å²) in [5, 5.41) is 12.0. The van der Waals surface area contributed by atoms with Gasteiger partial charge in [-0.3, -0.25) is 9.59 Å². The second-order valence-electron chi connectivity index (χ2n) is 6.11. The predicted octanol–water partition coefficient (Wildman–Crippen LogP) is 2.75. The van der Waals surface area contributed by atoms with Crippen LogP contribution in [0.5, 0.6) is 5.75 Å². The molecule has 25 heavy (non-hydrogen) atoms. The molecule has 1 amide bonds. The first-order chi connectivity index (χ1) is 11.9. The van der Waals surface area contributed by atoms with E-state index in [9.17, 15) is 19.1 Å². The van der Waals surface area contributed by atoms with E-state index in [0.29, 0.717) is 11.1 Å². The number of fused-ring (bicyclic) bond motifs is 1. The molecule has 6 heteroatoms. The molecule has 130 valence electrons. The molecular weight excluding hydrogens is 325 g/mol. The Morgan fingerprint density at radius 3 is 2.68 bits per heavy atom. The SMILES string of the molecule is CC1Cc2cc(C(=O)NCC(C(=O)O)c3ccc(F)cc3)ccc2O1. The van der Waals surface area contributed by atoms with Crippen LogP contribution in [0, 0.1) is 5.82 Å². The third kappa shape index (κ3) is 3.79. The van der Waals surface area contributed by atoms with Gasteiger partial charge >= 0.3 is 5.97 Å². The zero-order valence-corrected chi connectivity index (χ0v) is 13.7. The lowest BCUT2D eigenvalue weighted by Crippen LogP contribution is -2.31. The monoisotopic (exact) mass is 343 g/mol. The van der Waals surface area contributed by atoms with Gasteiger partial charge in [-0.2, -0.15) is 0 Å². The number of hydrogen-bond donors (Lipinski definition) is 2. The molecule has 0 saturated heterocycles. The summed E-state index contributed by atoms with van der Waals surface area (Å²) in [6, 6.07) is 10.4. The lowest BCUT2D eigenvalue weighted by atomic mass is 9.99. The van der Waals surface area contributed by atoms with Gasteiger partial charge < -0.3 is 15.2 Å². The summed E-state index contributed by atoms with van der Waals surface area (Å²) < 4.78 is 18.6. The topological polar surface area (TPSA) is 75.6 Å². The Morgan fingerprint density at radius 2 is 2.00 bits per heavy atom. The van der Waals surface area contributed by atoms with Crippen LogP contribution >= 0.6 is 0 Å². The molecule has 2 N–H and O–H groups in total. The Balaban J connectivity index is 1.69. The van der Waals surface area contributed by atoms with Crippen LogP contribution < -0.4 is 10.1 Å².